The van der Waals surface area contributed by atoms with Gasteiger partial charge in [0.05, 0.1) is 11.4 Å². The van der Waals surface area contributed by atoms with Gasteiger partial charge in [-0.15, -0.1) is 0 Å². The summed E-state index contributed by atoms with van der Waals surface area (Å²) in [7, 11) is 0. The van der Waals surface area contributed by atoms with Crippen LogP contribution in [0, 0.1) is 0 Å². The van der Waals surface area contributed by atoms with Crippen LogP contribution in [0.2, 0.25) is 0 Å². The van der Waals surface area contributed by atoms with E-state index in [1.807, 2.05) is 24.4 Å². The van der Waals surface area contributed by atoms with Crippen LogP contribution >= 0.6 is 0 Å². The van der Waals surface area contributed by atoms with Gasteiger partial charge in [-0.2, -0.15) is 0 Å². The van der Waals surface area contributed by atoms with Crippen molar-refractivity contribution in [3.05, 3.63) is 146 Å². The molecule has 200 valence electrons. The van der Waals surface area contributed by atoms with Crippen molar-refractivity contribution in [1.29, 1.82) is 0 Å². The van der Waals surface area contributed by atoms with Crippen LogP contribution in [-0.4, -0.2) is 9.97 Å². The van der Waals surface area contributed by atoms with Gasteiger partial charge in [0.15, 0.2) is 0 Å². The molecule has 43 heavy (non-hydrogen) atoms. The molecule has 0 saturated carbocycles. The molecule has 9 rings (SSSR count). The lowest BCUT2D eigenvalue weighted by atomic mass is 9.86. The van der Waals surface area contributed by atoms with Gasteiger partial charge < -0.3 is 4.42 Å². The summed E-state index contributed by atoms with van der Waals surface area (Å²) in [4.78, 5) is 9.30. The Bertz CT molecular complexity index is 2440. The molecule has 0 aliphatic carbocycles. The van der Waals surface area contributed by atoms with Gasteiger partial charge in [-0.3, -0.25) is 9.97 Å². The molecule has 0 radical (unpaired) electrons. The Morgan fingerprint density at radius 1 is 0.419 bits per heavy atom. The van der Waals surface area contributed by atoms with Crippen LogP contribution in [0.3, 0.4) is 0 Å². The number of nitrogens with zero attached hydrogens (tertiary/aromatic N) is 2. The molecular weight excluding hydrogens is 524 g/mol. The smallest absolute Gasteiger partial charge is 0.143 e. The zero-order valence-corrected chi connectivity index (χ0v) is 23.2. The molecule has 9 aromatic rings. The van der Waals surface area contributed by atoms with Crippen LogP contribution in [0.4, 0.5) is 0 Å². The lowest BCUT2D eigenvalue weighted by molar-refractivity contribution is 0.672. The standard InChI is InChI=1S/C40H24N2O/c1-2-10-28-25(9-1)16-19-33-34-23-26(18-21-37(34)43-40(28)33)38-29-11-3-5-13-31(29)39(32-14-6-4-12-30(32)38)27-17-20-36(42-24-27)35-15-7-8-22-41-35/h1-24H. The van der Waals surface area contributed by atoms with Crippen molar-refractivity contribution in [3.8, 4) is 33.6 Å². The van der Waals surface area contributed by atoms with Crippen molar-refractivity contribution >= 4 is 54.3 Å². The van der Waals surface area contributed by atoms with Gasteiger partial charge >= 0.3 is 0 Å². The summed E-state index contributed by atoms with van der Waals surface area (Å²) in [5, 5.41) is 9.42. The average molecular weight is 549 g/mol. The largest absolute Gasteiger partial charge is 0.455 e. The van der Waals surface area contributed by atoms with Crippen molar-refractivity contribution in [2.45, 2.75) is 0 Å². The van der Waals surface area contributed by atoms with Gasteiger partial charge in [-0.25, -0.2) is 0 Å². The molecule has 0 aliphatic rings. The van der Waals surface area contributed by atoms with E-state index in [1.54, 1.807) is 6.20 Å². The van der Waals surface area contributed by atoms with E-state index in [0.29, 0.717) is 0 Å². The van der Waals surface area contributed by atoms with Gasteiger partial charge in [0.25, 0.3) is 0 Å². The summed E-state index contributed by atoms with van der Waals surface area (Å²) < 4.78 is 6.44. The Morgan fingerprint density at radius 3 is 1.72 bits per heavy atom. The van der Waals surface area contributed by atoms with E-state index in [1.165, 1.54) is 43.6 Å². The second-order valence-electron chi connectivity index (χ2n) is 11.0. The van der Waals surface area contributed by atoms with Gasteiger partial charge in [0.2, 0.25) is 0 Å². The highest BCUT2D eigenvalue weighted by Crippen LogP contribution is 2.45. The fourth-order valence-electron chi connectivity index (χ4n) is 6.62. The summed E-state index contributed by atoms with van der Waals surface area (Å²) in [6.45, 7) is 0. The third kappa shape index (κ3) is 3.68. The number of hydrogen-bond acceptors (Lipinski definition) is 3. The van der Waals surface area contributed by atoms with E-state index in [9.17, 15) is 0 Å². The van der Waals surface area contributed by atoms with Crippen molar-refractivity contribution in [2.24, 2.45) is 0 Å². The highest BCUT2D eigenvalue weighted by Gasteiger charge is 2.18. The van der Waals surface area contributed by atoms with Gasteiger partial charge in [-0.1, -0.05) is 97.1 Å². The first kappa shape index (κ1) is 23.9. The van der Waals surface area contributed by atoms with Gasteiger partial charge in [0.1, 0.15) is 11.2 Å². The lowest BCUT2D eigenvalue weighted by Gasteiger charge is -2.17. The van der Waals surface area contributed by atoms with Crippen molar-refractivity contribution < 1.29 is 4.42 Å². The molecule has 3 nitrogen and oxygen atoms in total. The first-order valence-corrected chi connectivity index (χ1v) is 14.5. The molecule has 0 spiro atoms. The van der Waals surface area contributed by atoms with Gasteiger partial charge in [0, 0.05) is 34.1 Å². The number of furan rings is 1. The first-order valence-electron chi connectivity index (χ1n) is 14.5. The molecular formula is C40H24N2O. The highest BCUT2D eigenvalue weighted by molar-refractivity contribution is 6.22. The average Bonchev–Trinajstić information content (AvgIpc) is 3.46. The first-order chi connectivity index (χ1) is 21.3. The summed E-state index contributed by atoms with van der Waals surface area (Å²) in [6.07, 6.45) is 3.78. The van der Waals surface area contributed by atoms with E-state index >= 15 is 0 Å². The molecule has 0 fully saturated rings. The van der Waals surface area contributed by atoms with Crippen LogP contribution in [0.1, 0.15) is 0 Å². The molecule has 0 unspecified atom stereocenters. The minimum atomic E-state index is 0.864. The van der Waals surface area contributed by atoms with Crippen molar-refractivity contribution in [2.75, 3.05) is 0 Å². The number of aromatic nitrogens is 2. The van der Waals surface area contributed by atoms with E-state index in [4.69, 9.17) is 9.40 Å². The Kier molecular flexibility index (Phi) is 5.20. The molecule has 3 heterocycles. The molecule has 3 aromatic heterocycles. The fourth-order valence-corrected chi connectivity index (χ4v) is 6.62. The van der Waals surface area contributed by atoms with Gasteiger partial charge in [-0.05, 0) is 80.0 Å². The van der Waals surface area contributed by atoms with Crippen molar-refractivity contribution in [1.82, 2.24) is 9.97 Å². The predicted octanol–water partition coefficient (Wildman–Crippen LogP) is 10.8. The summed E-state index contributed by atoms with van der Waals surface area (Å²) in [5.41, 5.74) is 8.25. The molecule has 0 amide bonds. The molecule has 0 N–H and O–H groups in total. The Labute approximate surface area is 247 Å². The second-order valence-corrected chi connectivity index (χ2v) is 11.0. The zero-order valence-electron chi connectivity index (χ0n) is 23.2. The van der Waals surface area contributed by atoms with E-state index < -0.39 is 0 Å². The monoisotopic (exact) mass is 548 g/mol. The van der Waals surface area contributed by atoms with E-state index in [2.05, 4.69) is 120 Å². The second kappa shape index (κ2) is 9.37. The SMILES string of the molecule is c1ccc(-c2ccc(-c3c4ccccc4c(-c4ccc5oc6c7ccccc7ccc6c5c4)c4ccccc34)cn2)nc1. The number of pyridine rings is 2. The number of benzene rings is 6. The van der Waals surface area contributed by atoms with Crippen molar-refractivity contribution in [3.63, 3.8) is 0 Å². The number of fused-ring (bicyclic) bond motifs is 7. The molecule has 6 aromatic carbocycles. The summed E-state index contributed by atoms with van der Waals surface area (Å²) in [6, 6.07) is 47.0. The Morgan fingerprint density at radius 2 is 1.05 bits per heavy atom. The highest BCUT2D eigenvalue weighted by atomic mass is 16.3. The maximum atomic E-state index is 6.44. The summed E-state index contributed by atoms with van der Waals surface area (Å²) >= 11 is 0. The Balaban J connectivity index is 1.29. The van der Waals surface area contributed by atoms with Crippen LogP contribution in [0.5, 0.6) is 0 Å². The zero-order chi connectivity index (χ0) is 28.3. The fraction of sp³-hybridized carbons (Fsp3) is 0. The molecule has 0 aliphatic heterocycles. The normalized spacial score (nSPS) is 11.7. The topological polar surface area (TPSA) is 38.9 Å². The van der Waals surface area contributed by atoms with E-state index in [-0.39, 0.29) is 0 Å². The molecule has 0 saturated heterocycles. The third-order valence-corrected chi connectivity index (χ3v) is 8.56. The minimum Gasteiger partial charge on any atom is -0.455 e. The minimum absolute atomic E-state index is 0.864. The number of rotatable bonds is 3. The third-order valence-electron chi connectivity index (χ3n) is 8.56. The van der Waals surface area contributed by atoms with Crippen LogP contribution in [0.15, 0.2) is 150 Å². The van der Waals surface area contributed by atoms with Crippen LogP contribution in [0.25, 0.3) is 87.9 Å². The maximum Gasteiger partial charge on any atom is 0.143 e. The molecule has 0 bridgehead atoms. The van der Waals surface area contributed by atoms with Crippen LogP contribution in [-0.2, 0) is 0 Å². The molecule has 0 atom stereocenters. The maximum absolute atomic E-state index is 6.44. The molecule has 3 heteroatoms. The quantitative estimate of drug-likeness (QED) is 0.206. The van der Waals surface area contributed by atoms with Crippen LogP contribution < -0.4 is 0 Å². The van der Waals surface area contributed by atoms with E-state index in [0.717, 1.165) is 44.3 Å². The number of hydrogen-bond donors (Lipinski definition) is 0. The predicted molar refractivity (Wildman–Crippen MR) is 178 cm³/mol. The Hall–Kier alpha value is -5.80. The summed E-state index contributed by atoms with van der Waals surface area (Å²) in [5.74, 6) is 0. The lowest BCUT2D eigenvalue weighted by Crippen LogP contribution is -1.92.